The summed E-state index contributed by atoms with van der Waals surface area (Å²) in [7, 11) is 0. The van der Waals surface area contributed by atoms with Crippen LogP contribution < -0.4 is 10.6 Å². The molecule has 6 nitrogen and oxygen atoms in total. The molecule has 1 aromatic carbocycles. The van der Waals surface area contributed by atoms with E-state index in [4.69, 9.17) is 0 Å². The van der Waals surface area contributed by atoms with Crippen LogP contribution in [0.25, 0.3) is 0 Å². The van der Waals surface area contributed by atoms with Crippen LogP contribution in [0.4, 0.5) is 0 Å². The lowest BCUT2D eigenvalue weighted by molar-refractivity contribution is -0.132. The average Bonchev–Trinajstić information content (AvgIpc) is 3.50. The first-order valence-electron chi connectivity index (χ1n) is 9.52. The van der Waals surface area contributed by atoms with Crippen LogP contribution in [0.15, 0.2) is 30.3 Å². The Morgan fingerprint density at radius 2 is 1.73 bits per heavy atom. The fraction of sp³-hybridized carbons (Fsp3) is 0.550. The van der Waals surface area contributed by atoms with E-state index in [2.05, 4.69) is 10.6 Å². The van der Waals surface area contributed by atoms with E-state index >= 15 is 0 Å². The van der Waals surface area contributed by atoms with E-state index in [1.165, 1.54) is 0 Å². The SMILES string of the molecule is CCC(=O)N1CCC([C@@H](NC(=O)c2ccccc2)C(=O)NC2CC2)CC1. The minimum absolute atomic E-state index is 0.0438. The van der Waals surface area contributed by atoms with Gasteiger partial charge < -0.3 is 15.5 Å². The van der Waals surface area contributed by atoms with Gasteiger partial charge in [0.2, 0.25) is 11.8 Å². The highest BCUT2D eigenvalue weighted by Crippen LogP contribution is 2.24. The maximum atomic E-state index is 12.7. The van der Waals surface area contributed by atoms with Gasteiger partial charge in [0.1, 0.15) is 6.04 Å². The van der Waals surface area contributed by atoms with Crippen molar-refractivity contribution in [2.24, 2.45) is 5.92 Å². The van der Waals surface area contributed by atoms with Crippen molar-refractivity contribution in [3.8, 4) is 0 Å². The van der Waals surface area contributed by atoms with E-state index in [1.54, 1.807) is 12.1 Å². The Bertz CT molecular complexity index is 650. The second-order valence-corrected chi connectivity index (χ2v) is 7.17. The number of benzene rings is 1. The second kappa shape index (κ2) is 8.34. The molecule has 1 aliphatic heterocycles. The van der Waals surface area contributed by atoms with E-state index in [9.17, 15) is 14.4 Å². The quantitative estimate of drug-likeness (QED) is 0.814. The smallest absolute Gasteiger partial charge is 0.251 e. The van der Waals surface area contributed by atoms with Crippen LogP contribution in [0.3, 0.4) is 0 Å². The van der Waals surface area contributed by atoms with Crippen molar-refractivity contribution >= 4 is 17.7 Å². The predicted octanol–water partition coefficient (Wildman–Crippen LogP) is 1.71. The first-order chi connectivity index (χ1) is 12.6. The summed E-state index contributed by atoms with van der Waals surface area (Å²) in [6.07, 6.45) is 3.97. The number of amides is 3. The molecule has 1 aromatic rings. The van der Waals surface area contributed by atoms with Crippen LogP contribution in [0.1, 0.15) is 49.4 Å². The molecule has 1 saturated heterocycles. The molecule has 6 heteroatoms. The zero-order valence-corrected chi connectivity index (χ0v) is 15.2. The van der Waals surface area contributed by atoms with Crippen molar-refractivity contribution in [3.63, 3.8) is 0 Å². The number of likely N-dealkylation sites (tertiary alicyclic amines) is 1. The Balaban J connectivity index is 1.66. The molecule has 0 unspecified atom stereocenters. The maximum Gasteiger partial charge on any atom is 0.251 e. The number of carbonyl (C=O) groups is 3. The Morgan fingerprint density at radius 1 is 1.08 bits per heavy atom. The molecule has 0 radical (unpaired) electrons. The molecule has 2 fully saturated rings. The fourth-order valence-corrected chi connectivity index (χ4v) is 3.44. The molecule has 1 atom stereocenters. The van der Waals surface area contributed by atoms with Gasteiger partial charge in [-0.3, -0.25) is 14.4 Å². The van der Waals surface area contributed by atoms with Gasteiger partial charge in [-0.25, -0.2) is 0 Å². The number of nitrogens with one attached hydrogen (secondary N) is 2. The van der Waals surface area contributed by atoms with Crippen LogP contribution in [0, 0.1) is 5.92 Å². The van der Waals surface area contributed by atoms with E-state index in [-0.39, 0.29) is 29.7 Å². The molecule has 1 aliphatic carbocycles. The van der Waals surface area contributed by atoms with Gasteiger partial charge in [0.25, 0.3) is 5.91 Å². The summed E-state index contributed by atoms with van der Waals surface area (Å²) in [4.78, 5) is 39.0. The number of piperidine rings is 1. The van der Waals surface area contributed by atoms with Crippen LogP contribution in [-0.2, 0) is 9.59 Å². The largest absolute Gasteiger partial charge is 0.352 e. The van der Waals surface area contributed by atoms with Crippen LogP contribution >= 0.6 is 0 Å². The van der Waals surface area contributed by atoms with Crippen molar-refractivity contribution < 1.29 is 14.4 Å². The monoisotopic (exact) mass is 357 g/mol. The summed E-state index contributed by atoms with van der Waals surface area (Å²) in [6, 6.07) is 8.66. The van der Waals surface area contributed by atoms with Gasteiger partial charge in [-0.05, 0) is 43.7 Å². The summed E-state index contributed by atoms with van der Waals surface area (Å²) >= 11 is 0. The van der Waals surface area contributed by atoms with Gasteiger partial charge in [0, 0.05) is 31.1 Å². The van der Waals surface area contributed by atoms with Crippen molar-refractivity contribution in [2.45, 2.75) is 51.1 Å². The van der Waals surface area contributed by atoms with Gasteiger partial charge in [-0.15, -0.1) is 0 Å². The van der Waals surface area contributed by atoms with Gasteiger partial charge in [-0.1, -0.05) is 25.1 Å². The Kier molecular flexibility index (Phi) is 5.91. The molecule has 0 spiro atoms. The molecule has 2 N–H and O–H groups in total. The topological polar surface area (TPSA) is 78.5 Å². The molecule has 26 heavy (non-hydrogen) atoms. The summed E-state index contributed by atoms with van der Waals surface area (Å²) in [5.41, 5.74) is 0.551. The molecule has 3 amide bonds. The predicted molar refractivity (Wildman–Crippen MR) is 98.5 cm³/mol. The van der Waals surface area contributed by atoms with E-state index < -0.39 is 6.04 Å². The third-order valence-corrected chi connectivity index (χ3v) is 5.19. The van der Waals surface area contributed by atoms with Crippen molar-refractivity contribution in [2.75, 3.05) is 13.1 Å². The molecule has 0 bridgehead atoms. The van der Waals surface area contributed by atoms with Crippen molar-refractivity contribution in [1.82, 2.24) is 15.5 Å². The maximum absolute atomic E-state index is 12.7. The number of carbonyl (C=O) groups excluding carboxylic acids is 3. The molecule has 0 aromatic heterocycles. The Labute approximate surface area is 154 Å². The highest BCUT2D eigenvalue weighted by atomic mass is 16.2. The minimum Gasteiger partial charge on any atom is -0.352 e. The Morgan fingerprint density at radius 3 is 2.31 bits per heavy atom. The van der Waals surface area contributed by atoms with Gasteiger partial charge in [0.15, 0.2) is 0 Å². The minimum atomic E-state index is -0.554. The molecule has 1 heterocycles. The molecule has 140 valence electrons. The number of rotatable bonds is 6. The summed E-state index contributed by atoms with van der Waals surface area (Å²) < 4.78 is 0. The van der Waals surface area contributed by atoms with E-state index in [0.717, 1.165) is 25.7 Å². The number of hydrogen-bond donors (Lipinski definition) is 2. The van der Waals surface area contributed by atoms with E-state index in [1.807, 2.05) is 30.0 Å². The zero-order valence-electron chi connectivity index (χ0n) is 15.2. The first kappa shape index (κ1) is 18.4. The third-order valence-electron chi connectivity index (χ3n) is 5.19. The normalized spacial score (nSPS) is 18.9. The summed E-state index contributed by atoms with van der Waals surface area (Å²) in [5, 5.41) is 5.96. The molecule has 1 saturated carbocycles. The van der Waals surface area contributed by atoms with Crippen molar-refractivity contribution in [1.29, 1.82) is 0 Å². The zero-order chi connectivity index (χ0) is 18.5. The molecule has 3 rings (SSSR count). The standard InChI is InChI=1S/C20H27N3O3/c1-2-17(24)23-12-10-14(11-13-23)18(20(26)21-16-8-9-16)22-19(25)15-6-4-3-5-7-15/h3-7,14,16,18H,2,8-13H2,1H3,(H,21,26)(H,22,25)/t18-/m1/s1. The first-order valence-corrected chi connectivity index (χ1v) is 9.52. The lowest BCUT2D eigenvalue weighted by Gasteiger charge is -2.35. The van der Waals surface area contributed by atoms with Crippen LogP contribution in [0.2, 0.25) is 0 Å². The van der Waals surface area contributed by atoms with Gasteiger partial charge >= 0.3 is 0 Å². The lowest BCUT2D eigenvalue weighted by Crippen LogP contribution is -2.54. The highest BCUT2D eigenvalue weighted by Gasteiger charge is 2.36. The fourth-order valence-electron chi connectivity index (χ4n) is 3.44. The Hall–Kier alpha value is -2.37. The number of nitrogens with zero attached hydrogens (tertiary/aromatic N) is 1. The average molecular weight is 357 g/mol. The van der Waals surface area contributed by atoms with Gasteiger partial charge in [-0.2, -0.15) is 0 Å². The third kappa shape index (κ3) is 4.62. The van der Waals surface area contributed by atoms with Gasteiger partial charge in [0.05, 0.1) is 0 Å². The highest BCUT2D eigenvalue weighted by molar-refractivity contribution is 5.97. The molecular formula is C20H27N3O3. The lowest BCUT2D eigenvalue weighted by atomic mass is 9.88. The van der Waals surface area contributed by atoms with Crippen molar-refractivity contribution in [3.05, 3.63) is 35.9 Å². The molecular weight excluding hydrogens is 330 g/mol. The summed E-state index contributed by atoms with van der Waals surface area (Å²) in [6.45, 7) is 3.15. The van der Waals surface area contributed by atoms with Crippen LogP contribution in [0.5, 0.6) is 0 Å². The number of hydrogen-bond acceptors (Lipinski definition) is 3. The van der Waals surface area contributed by atoms with E-state index in [0.29, 0.717) is 25.1 Å². The summed E-state index contributed by atoms with van der Waals surface area (Å²) in [5.74, 6) is -0.135. The molecule has 2 aliphatic rings. The van der Waals surface area contributed by atoms with Crippen LogP contribution in [-0.4, -0.2) is 47.8 Å². The second-order valence-electron chi connectivity index (χ2n) is 7.17.